The molecule has 0 amide bonds. The molecule has 22 heavy (non-hydrogen) atoms. The molecule has 0 fully saturated rings. The van der Waals surface area contributed by atoms with E-state index in [2.05, 4.69) is 4.74 Å². The van der Waals surface area contributed by atoms with Crippen LogP contribution in [0, 0.1) is 5.41 Å². The lowest BCUT2D eigenvalue weighted by atomic mass is 9.71. The van der Waals surface area contributed by atoms with Crippen LogP contribution in [0.25, 0.3) is 0 Å². The molecule has 0 aliphatic rings. The summed E-state index contributed by atoms with van der Waals surface area (Å²) in [5, 5.41) is 9.94. The van der Waals surface area contributed by atoms with E-state index >= 15 is 0 Å². The third-order valence-corrected chi connectivity index (χ3v) is 3.37. The zero-order chi connectivity index (χ0) is 18.1. The summed E-state index contributed by atoms with van der Waals surface area (Å²) in [7, 11) is 2.90. The number of aliphatic hydroxyl groups is 1. The van der Waals surface area contributed by atoms with Crippen LogP contribution >= 0.6 is 0 Å². The fraction of sp³-hybridized carbons (Fsp3) is 0.833. The maximum absolute atomic E-state index is 14.0. The van der Waals surface area contributed by atoms with Crippen molar-refractivity contribution in [3.05, 3.63) is 12.1 Å². The Morgan fingerprint density at radius 2 is 1.41 bits per heavy atom. The lowest BCUT2D eigenvalue weighted by Gasteiger charge is -2.47. The van der Waals surface area contributed by atoms with E-state index in [0.717, 1.165) is 13.8 Å². The average molecular weight is 341 g/mol. The maximum Gasteiger partial charge on any atom is 0.469 e. The van der Waals surface area contributed by atoms with Crippen LogP contribution in [0.15, 0.2) is 12.1 Å². The predicted molar refractivity (Wildman–Crippen MR) is 64.3 cm³/mol. The Bertz CT molecular complexity index is 429. The van der Waals surface area contributed by atoms with E-state index < -0.39 is 35.1 Å². The molecule has 0 aromatic carbocycles. The fourth-order valence-electron chi connectivity index (χ4n) is 1.87. The molecule has 1 unspecified atom stereocenters. The van der Waals surface area contributed by atoms with E-state index in [4.69, 9.17) is 0 Å². The topological polar surface area (TPSA) is 32.7 Å². The molecular formula is C12H18F7NO2. The van der Waals surface area contributed by atoms with Gasteiger partial charge in [0, 0.05) is 12.0 Å². The van der Waals surface area contributed by atoms with Crippen molar-refractivity contribution in [3.63, 3.8) is 0 Å². The summed E-state index contributed by atoms with van der Waals surface area (Å²) >= 11 is 0. The SMILES string of the molecule is CN(C)CC(C)(C)C(C)(O)C(F)(F)C(F)(F)OC(F)=C(F)F. The quantitative estimate of drug-likeness (QED) is 0.567. The van der Waals surface area contributed by atoms with E-state index in [-0.39, 0.29) is 6.54 Å². The van der Waals surface area contributed by atoms with Crippen LogP contribution < -0.4 is 0 Å². The second-order valence-corrected chi connectivity index (χ2v) is 5.92. The lowest BCUT2D eigenvalue weighted by Crippen LogP contribution is -2.65. The Morgan fingerprint density at radius 1 is 1.00 bits per heavy atom. The number of hydrogen-bond acceptors (Lipinski definition) is 3. The third kappa shape index (κ3) is 3.83. The Morgan fingerprint density at radius 3 is 1.73 bits per heavy atom. The van der Waals surface area contributed by atoms with E-state index in [0.29, 0.717) is 6.92 Å². The molecule has 0 aromatic heterocycles. The molecule has 0 spiro atoms. The zero-order valence-electron chi connectivity index (χ0n) is 12.7. The smallest absolute Gasteiger partial charge is 0.398 e. The molecular weight excluding hydrogens is 323 g/mol. The second-order valence-electron chi connectivity index (χ2n) is 5.92. The van der Waals surface area contributed by atoms with Crippen molar-refractivity contribution in [2.75, 3.05) is 20.6 Å². The summed E-state index contributed by atoms with van der Waals surface area (Å²) < 4.78 is 93.6. The minimum absolute atomic E-state index is 0.249. The highest BCUT2D eigenvalue weighted by molar-refractivity contribution is 5.05. The van der Waals surface area contributed by atoms with Gasteiger partial charge in [0.15, 0.2) is 0 Å². The van der Waals surface area contributed by atoms with E-state index in [9.17, 15) is 35.8 Å². The molecule has 0 aromatic rings. The van der Waals surface area contributed by atoms with Crippen molar-refractivity contribution in [3.8, 4) is 0 Å². The number of halogens is 7. The predicted octanol–water partition coefficient (Wildman–Crippen LogP) is 3.61. The Labute approximate surface area is 123 Å². The highest BCUT2D eigenvalue weighted by Crippen LogP contribution is 2.51. The summed E-state index contributed by atoms with van der Waals surface area (Å²) in [5.41, 5.74) is -5.22. The van der Waals surface area contributed by atoms with Crippen LogP contribution in [0.2, 0.25) is 0 Å². The van der Waals surface area contributed by atoms with Crippen molar-refractivity contribution in [2.24, 2.45) is 5.41 Å². The van der Waals surface area contributed by atoms with Gasteiger partial charge in [0.1, 0.15) is 5.60 Å². The molecule has 1 N–H and O–H groups in total. The first-order valence-electron chi connectivity index (χ1n) is 6.02. The van der Waals surface area contributed by atoms with Crippen molar-refractivity contribution in [1.82, 2.24) is 4.90 Å². The van der Waals surface area contributed by atoms with Gasteiger partial charge < -0.3 is 14.7 Å². The Kier molecular flexibility index (Phi) is 5.94. The molecule has 0 radical (unpaired) electrons. The monoisotopic (exact) mass is 341 g/mol. The molecule has 10 heteroatoms. The number of rotatable bonds is 7. The van der Waals surface area contributed by atoms with Crippen LogP contribution in [0.3, 0.4) is 0 Å². The number of ether oxygens (including phenoxy) is 1. The zero-order valence-corrected chi connectivity index (χ0v) is 12.7. The van der Waals surface area contributed by atoms with Crippen molar-refractivity contribution in [1.29, 1.82) is 0 Å². The molecule has 0 heterocycles. The van der Waals surface area contributed by atoms with Gasteiger partial charge in [-0.3, -0.25) is 0 Å². The van der Waals surface area contributed by atoms with E-state index in [1.807, 2.05) is 0 Å². The molecule has 3 nitrogen and oxygen atoms in total. The highest BCUT2D eigenvalue weighted by atomic mass is 19.3. The van der Waals surface area contributed by atoms with Gasteiger partial charge in [0.05, 0.1) is 0 Å². The highest BCUT2D eigenvalue weighted by Gasteiger charge is 2.73. The third-order valence-electron chi connectivity index (χ3n) is 3.37. The molecule has 0 bridgehead atoms. The van der Waals surface area contributed by atoms with Gasteiger partial charge in [0.25, 0.3) is 0 Å². The van der Waals surface area contributed by atoms with Gasteiger partial charge in [-0.1, -0.05) is 13.8 Å². The van der Waals surface area contributed by atoms with Gasteiger partial charge >= 0.3 is 24.1 Å². The second kappa shape index (κ2) is 6.23. The minimum Gasteiger partial charge on any atom is -0.398 e. The van der Waals surface area contributed by atoms with Crippen LogP contribution in [-0.2, 0) is 4.74 Å². The van der Waals surface area contributed by atoms with Gasteiger partial charge in [-0.25, -0.2) is 0 Å². The molecule has 0 saturated heterocycles. The van der Waals surface area contributed by atoms with Gasteiger partial charge in [-0.2, -0.15) is 30.7 Å². The Hall–Kier alpha value is -1.03. The fourth-order valence-corrected chi connectivity index (χ4v) is 1.87. The van der Waals surface area contributed by atoms with Crippen molar-refractivity contribution < 1.29 is 40.6 Å². The molecule has 1 atom stereocenters. The van der Waals surface area contributed by atoms with Crippen molar-refractivity contribution in [2.45, 2.75) is 38.4 Å². The van der Waals surface area contributed by atoms with Gasteiger partial charge in [0.2, 0.25) is 0 Å². The summed E-state index contributed by atoms with van der Waals surface area (Å²) in [6, 6.07) is -3.13. The largest absolute Gasteiger partial charge is 0.469 e. The Balaban J connectivity index is 5.73. The van der Waals surface area contributed by atoms with Gasteiger partial charge in [-0.05, 0) is 21.0 Å². The van der Waals surface area contributed by atoms with Crippen LogP contribution in [0.1, 0.15) is 20.8 Å². The van der Waals surface area contributed by atoms with Crippen LogP contribution in [0.4, 0.5) is 30.7 Å². The summed E-state index contributed by atoms with van der Waals surface area (Å²) in [6.07, 6.45) is -9.00. The summed E-state index contributed by atoms with van der Waals surface area (Å²) in [4.78, 5) is 1.35. The van der Waals surface area contributed by atoms with E-state index in [1.54, 1.807) is 0 Å². The summed E-state index contributed by atoms with van der Waals surface area (Å²) in [6.45, 7) is 2.29. The number of nitrogens with zero attached hydrogens (tertiary/aromatic N) is 1. The first-order chi connectivity index (χ1) is 9.49. The normalized spacial score (nSPS) is 16.5. The van der Waals surface area contributed by atoms with Crippen LogP contribution in [-0.4, -0.2) is 48.3 Å². The lowest BCUT2D eigenvalue weighted by molar-refractivity contribution is -0.394. The maximum atomic E-state index is 14.0. The summed E-state index contributed by atoms with van der Waals surface area (Å²) in [5.74, 6) is -5.35. The average Bonchev–Trinajstić information content (AvgIpc) is 2.25. The number of alkyl halides is 4. The van der Waals surface area contributed by atoms with Crippen molar-refractivity contribution >= 4 is 0 Å². The first kappa shape index (κ1) is 21.0. The molecule has 0 saturated carbocycles. The van der Waals surface area contributed by atoms with E-state index in [1.165, 1.54) is 19.0 Å². The number of hydrogen-bond donors (Lipinski definition) is 1. The van der Waals surface area contributed by atoms with Gasteiger partial charge in [-0.15, -0.1) is 0 Å². The molecule has 0 rings (SSSR count). The molecule has 0 aliphatic heterocycles. The molecule has 132 valence electrons. The minimum atomic E-state index is -5.69. The molecule has 0 aliphatic carbocycles. The van der Waals surface area contributed by atoms with Crippen LogP contribution in [0.5, 0.6) is 0 Å². The first-order valence-corrected chi connectivity index (χ1v) is 6.02. The standard InChI is InChI=1S/C12H18F7NO2/c1-9(2,6-20(4)5)10(3,21)11(16,17)12(18,19)22-8(15)7(13)14/h21H,6H2,1-5H3.